The Balaban J connectivity index is 1.73. The molecule has 0 saturated carbocycles. The lowest BCUT2D eigenvalue weighted by atomic mass is 9.96. The molecule has 178 valence electrons. The minimum atomic E-state index is -0.0639. The van der Waals surface area contributed by atoms with Gasteiger partial charge >= 0.3 is 0 Å². The molecular formula is C27H33N5O2. The Morgan fingerprint density at radius 1 is 1.12 bits per heavy atom. The molecule has 7 heteroatoms. The molecule has 1 fully saturated rings. The maximum atomic E-state index is 12.8. The van der Waals surface area contributed by atoms with Gasteiger partial charge in [-0.25, -0.2) is 4.98 Å². The molecule has 1 aromatic carbocycles. The van der Waals surface area contributed by atoms with Crippen LogP contribution in [0.25, 0.3) is 11.0 Å². The average molecular weight is 460 g/mol. The highest BCUT2D eigenvalue weighted by atomic mass is 16.5. The van der Waals surface area contributed by atoms with Gasteiger partial charge in [0.15, 0.2) is 0 Å². The number of benzene rings is 1. The Kier molecular flexibility index (Phi) is 6.90. The molecule has 3 atom stereocenters. The van der Waals surface area contributed by atoms with Crippen LogP contribution in [0.4, 0.5) is 5.69 Å². The van der Waals surface area contributed by atoms with Crippen LogP contribution in [0.15, 0.2) is 47.3 Å². The SMILES string of the molecule is CC[C@H]1CN(C(C)c2ccc(OC)cc2)[C@H](CC)CN1c1cc(=O)n(C)c2ccc(C#N)nc12. The first-order valence-electron chi connectivity index (χ1n) is 12.0. The Morgan fingerprint density at radius 2 is 1.82 bits per heavy atom. The summed E-state index contributed by atoms with van der Waals surface area (Å²) in [6, 6.07) is 16.5. The second-order valence-corrected chi connectivity index (χ2v) is 9.03. The number of nitriles is 1. The number of pyridine rings is 2. The van der Waals surface area contributed by atoms with Crippen molar-refractivity contribution in [2.24, 2.45) is 7.05 Å². The zero-order valence-electron chi connectivity index (χ0n) is 20.7. The van der Waals surface area contributed by atoms with E-state index in [0.717, 1.165) is 42.9 Å². The number of ether oxygens (including phenoxy) is 1. The minimum Gasteiger partial charge on any atom is -0.497 e. The van der Waals surface area contributed by atoms with Crippen molar-refractivity contribution in [2.45, 2.75) is 51.7 Å². The van der Waals surface area contributed by atoms with E-state index < -0.39 is 0 Å². The van der Waals surface area contributed by atoms with Crippen molar-refractivity contribution in [3.8, 4) is 11.8 Å². The fraction of sp³-hybridized carbons (Fsp3) is 0.444. The summed E-state index contributed by atoms with van der Waals surface area (Å²) in [7, 11) is 3.44. The number of aryl methyl sites for hydroxylation is 1. The van der Waals surface area contributed by atoms with Gasteiger partial charge < -0.3 is 14.2 Å². The molecule has 0 aliphatic carbocycles. The van der Waals surface area contributed by atoms with Gasteiger partial charge in [-0.3, -0.25) is 9.69 Å². The number of nitrogens with zero attached hydrogens (tertiary/aromatic N) is 5. The molecule has 0 bridgehead atoms. The van der Waals surface area contributed by atoms with Crippen LogP contribution >= 0.6 is 0 Å². The molecule has 3 heterocycles. The van der Waals surface area contributed by atoms with Crippen molar-refractivity contribution in [1.29, 1.82) is 5.26 Å². The van der Waals surface area contributed by atoms with Crippen LogP contribution in [0.5, 0.6) is 5.75 Å². The first kappa shape index (κ1) is 23.8. The van der Waals surface area contributed by atoms with Gasteiger partial charge in [0.2, 0.25) is 0 Å². The number of methoxy groups -OCH3 is 1. The highest BCUT2D eigenvalue weighted by molar-refractivity contribution is 5.89. The third-order valence-electron chi connectivity index (χ3n) is 7.27. The Morgan fingerprint density at radius 3 is 2.44 bits per heavy atom. The fourth-order valence-electron chi connectivity index (χ4n) is 5.12. The Hall–Kier alpha value is -3.37. The fourth-order valence-corrected chi connectivity index (χ4v) is 5.12. The molecule has 0 radical (unpaired) electrons. The first-order chi connectivity index (χ1) is 16.4. The predicted octanol–water partition coefficient (Wildman–Crippen LogP) is 4.25. The van der Waals surface area contributed by atoms with Gasteiger partial charge in [-0.05, 0) is 49.6 Å². The van der Waals surface area contributed by atoms with E-state index >= 15 is 0 Å². The van der Waals surface area contributed by atoms with Crippen molar-refractivity contribution < 1.29 is 4.74 Å². The largest absolute Gasteiger partial charge is 0.497 e. The number of rotatable bonds is 6. The zero-order valence-corrected chi connectivity index (χ0v) is 20.7. The van der Waals surface area contributed by atoms with Gasteiger partial charge in [0.05, 0.1) is 18.3 Å². The van der Waals surface area contributed by atoms with Gasteiger partial charge in [-0.2, -0.15) is 5.26 Å². The lowest BCUT2D eigenvalue weighted by molar-refractivity contribution is 0.101. The standard InChI is InChI=1S/C27H33N5O2/c1-6-21-17-32(25-14-26(33)30(4)24-13-10-20(15-28)29-27(24)25)22(7-2)16-31(21)18(3)19-8-11-23(34-5)12-9-19/h8-14,18,21-22H,6-7,16-17H2,1-5H3/t18?,21-,22+/m1/s1. The van der Waals surface area contributed by atoms with E-state index in [9.17, 15) is 10.1 Å². The molecule has 1 aliphatic heterocycles. The predicted molar refractivity (Wildman–Crippen MR) is 135 cm³/mol. The molecule has 7 nitrogen and oxygen atoms in total. The average Bonchev–Trinajstić information content (AvgIpc) is 2.89. The number of hydrogen-bond donors (Lipinski definition) is 0. The summed E-state index contributed by atoms with van der Waals surface area (Å²) in [6.45, 7) is 8.36. The smallest absolute Gasteiger partial charge is 0.252 e. The van der Waals surface area contributed by atoms with Gasteiger partial charge in [-0.15, -0.1) is 0 Å². The van der Waals surface area contributed by atoms with Crippen molar-refractivity contribution in [1.82, 2.24) is 14.5 Å². The van der Waals surface area contributed by atoms with E-state index in [2.05, 4.69) is 53.8 Å². The molecule has 1 aliphatic rings. The number of aromatic nitrogens is 2. The molecule has 34 heavy (non-hydrogen) atoms. The quantitative estimate of drug-likeness (QED) is 0.549. The zero-order chi connectivity index (χ0) is 24.4. The number of anilines is 1. The number of piperazine rings is 1. The summed E-state index contributed by atoms with van der Waals surface area (Å²) in [5.74, 6) is 0.862. The van der Waals surface area contributed by atoms with E-state index in [1.165, 1.54) is 5.56 Å². The summed E-state index contributed by atoms with van der Waals surface area (Å²) in [4.78, 5) is 22.4. The van der Waals surface area contributed by atoms with Gasteiger partial charge in [0.1, 0.15) is 23.0 Å². The summed E-state index contributed by atoms with van der Waals surface area (Å²) in [6.07, 6.45) is 1.93. The van der Waals surface area contributed by atoms with Gasteiger partial charge in [0.25, 0.3) is 5.56 Å². The van der Waals surface area contributed by atoms with E-state index in [0.29, 0.717) is 17.3 Å². The van der Waals surface area contributed by atoms with Crippen molar-refractivity contribution in [2.75, 3.05) is 25.1 Å². The third-order valence-corrected chi connectivity index (χ3v) is 7.27. The maximum Gasteiger partial charge on any atom is 0.252 e. The van der Waals surface area contributed by atoms with Crippen LogP contribution in [-0.2, 0) is 7.05 Å². The van der Waals surface area contributed by atoms with Crippen molar-refractivity contribution >= 4 is 16.7 Å². The second kappa shape index (κ2) is 9.86. The van der Waals surface area contributed by atoms with Crippen LogP contribution in [0.2, 0.25) is 0 Å². The molecule has 1 saturated heterocycles. The lowest BCUT2D eigenvalue weighted by Crippen LogP contribution is -2.58. The first-order valence-corrected chi connectivity index (χ1v) is 12.0. The molecule has 0 spiro atoms. The summed E-state index contributed by atoms with van der Waals surface area (Å²) in [5, 5.41) is 9.43. The topological polar surface area (TPSA) is 74.4 Å². The van der Waals surface area contributed by atoms with E-state index in [4.69, 9.17) is 4.74 Å². The monoisotopic (exact) mass is 459 g/mol. The second-order valence-electron chi connectivity index (χ2n) is 9.03. The van der Waals surface area contributed by atoms with Crippen LogP contribution in [0, 0.1) is 11.3 Å². The molecule has 4 rings (SSSR count). The van der Waals surface area contributed by atoms with Crippen LogP contribution in [0.1, 0.15) is 50.9 Å². The van der Waals surface area contributed by atoms with Crippen LogP contribution in [0.3, 0.4) is 0 Å². The number of hydrogen-bond acceptors (Lipinski definition) is 6. The summed E-state index contributed by atoms with van der Waals surface area (Å²) < 4.78 is 6.93. The van der Waals surface area contributed by atoms with E-state index in [1.54, 1.807) is 30.9 Å². The molecule has 3 aromatic rings. The van der Waals surface area contributed by atoms with E-state index in [-0.39, 0.29) is 17.6 Å². The lowest BCUT2D eigenvalue weighted by Gasteiger charge is -2.49. The highest BCUT2D eigenvalue weighted by Gasteiger charge is 2.36. The molecule has 0 N–H and O–H groups in total. The Bertz CT molecular complexity index is 1260. The van der Waals surface area contributed by atoms with Crippen LogP contribution in [-0.4, -0.2) is 46.7 Å². The Labute approximate surface area is 201 Å². The molecule has 0 amide bonds. The normalized spacial score (nSPS) is 19.7. The molecule has 1 unspecified atom stereocenters. The summed E-state index contributed by atoms with van der Waals surface area (Å²) in [5.41, 5.74) is 3.86. The highest BCUT2D eigenvalue weighted by Crippen LogP contribution is 2.34. The van der Waals surface area contributed by atoms with Gasteiger partial charge in [-0.1, -0.05) is 26.0 Å². The van der Waals surface area contributed by atoms with Crippen molar-refractivity contribution in [3.63, 3.8) is 0 Å². The van der Waals surface area contributed by atoms with Crippen LogP contribution < -0.4 is 15.2 Å². The molecular weight excluding hydrogens is 426 g/mol. The summed E-state index contributed by atoms with van der Waals surface area (Å²) >= 11 is 0. The minimum absolute atomic E-state index is 0.0639. The molecule has 2 aromatic heterocycles. The van der Waals surface area contributed by atoms with Crippen molar-refractivity contribution in [3.05, 3.63) is 64.1 Å². The van der Waals surface area contributed by atoms with Gasteiger partial charge in [0, 0.05) is 44.3 Å². The maximum absolute atomic E-state index is 12.8. The third kappa shape index (κ3) is 4.26. The van der Waals surface area contributed by atoms with E-state index in [1.807, 2.05) is 18.2 Å². The number of fused-ring (bicyclic) bond motifs is 1.